The highest BCUT2D eigenvalue weighted by molar-refractivity contribution is 5.67. The van der Waals surface area contributed by atoms with E-state index < -0.39 is 10.7 Å². The van der Waals surface area contributed by atoms with Crippen LogP contribution >= 0.6 is 0 Å². The summed E-state index contributed by atoms with van der Waals surface area (Å²) in [6.45, 7) is 4.08. The number of aryl methyl sites for hydroxylation is 1. The molecule has 1 aliphatic rings. The van der Waals surface area contributed by atoms with Crippen LogP contribution in [0.15, 0.2) is 24.3 Å². The molecule has 6 nitrogen and oxygen atoms in total. The molecule has 0 unspecified atom stereocenters. The highest BCUT2D eigenvalue weighted by Crippen LogP contribution is 2.40. The third kappa shape index (κ3) is 2.79. The van der Waals surface area contributed by atoms with Crippen LogP contribution in [-0.4, -0.2) is 14.7 Å². The molecule has 0 amide bonds. The number of nitrogens with zero attached hydrogens (tertiary/aromatic N) is 3. The van der Waals surface area contributed by atoms with Gasteiger partial charge in [-0.3, -0.25) is 14.8 Å². The first-order valence-corrected chi connectivity index (χ1v) is 7.23. The number of nitro benzene ring substituents is 1. The number of rotatable bonds is 5. The molecule has 0 bridgehead atoms. The van der Waals surface area contributed by atoms with Gasteiger partial charge in [0.25, 0.3) is 5.69 Å². The lowest BCUT2D eigenvalue weighted by molar-refractivity contribution is -0.384. The quantitative estimate of drug-likeness (QED) is 0.670. The largest absolute Gasteiger partial charge is 0.333 e. The van der Waals surface area contributed by atoms with Crippen LogP contribution in [0.1, 0.15) is 31.5 Å². The second-order valence-corrected chi connectivity index (χ2v) is 5.74. The molecular formula is C15H17FN4O2. The van der Waals surface area contributed by atoms with Gasteiger partial charge in [-0.15, -0.1) is 0 Å². The fourth-order valence-corrected chi connectivity index (χ4v) is 2.64. The Balaban J connectivity index is 1.87. The van der Waals surface area contributed by atoms with Gasteiger partial charge in [-0.05, 0) is 44.7 Å². The van der Waals surface area contributed by atoms with Crippen LogP contribution in [0.4, 0.5) is 21.6 Å². The number of hydrogen-bond acceptors (Lipinski definition) is 4. The van der Waals surface area contributed by atoms with Gasteiger partial charge in [0, 0.05) is 11.8 Å². The van der Waals surface area contributed by atoms with Gasteiger partial charge in [-0.2, -0.15) is 5.10 Å². The minimum absolute atomic E-state index is 0.232. The maximum absolute atomic E-state index is 13.2. The molecule has 0 radical (unpaired) electrons. The molecule has 1 atom stereocenters. The molecule has 1 aliphatic carbocycles. The highest BCUT2D eigenvalue weighted by Gasteiger charge is 2.30. The number of hydrogen-bond donors (Lipinski definition) is 1. The summed E-state index contributed by atoms with van der Waals surface area (Å²) in [5, 5.41) is 18.4. The first-order chi connectivity index (χ1) is 10.5. The number of halogens is 1. The van der Waals surface area contributed by atoms with E-state index in [1.54, 1.807) is 0 Å². The number of nitrogens with one attached hydrogen (secondary N) is 1. The van der Waals surface area contributed by atoms with E-state index in [2.05, 4.69) is 17.3 Å². The van der Waals surface area contributed by atoms with Crippen molar-refractivity contribution in [1.29, 1.82) is 0 Å². The monoisotopic (exact) mass is 304 g/mol. The molecule has 1 N–H and O–H groups in total. The predicted octanol–water partition coefficient (Wildman–Crippen LogP) is 3.95. The number of nitro groups is 1. The Morgan fingerprint density at radius 2 is 2.18 bits per heavy atom. The minimum Gasteiger partial charge on any atom is -0.333 e. The second-order valence-electron chi connectivity index (χ2n) is 5.74. The van der Waals surface area contributed by atoms with E-state index in [1.165, 1.54) is 25.0 Å². The summed E-state index contributed by atoms with van der Waals surface area (Å²) < 4.78 is 15.1. The number of anilines is 2. The molecule has 1 heterocycles. The van der Waals surface area contributed by atoms with E-state index in [9.17, 15) is 14.5 Å². The first kappa shape index (κ1) is 14.5. The molecule has 1 saturated carbocycles. The van der Waals surface area contributed by atoms with E-state index >= 15 is 0 Å². The smallest absolute Gasteiger partial charge is 0.295 e. The molecule has 0 saturated heterocycles. The molecule has 0 aliphatic heterocycles. The van der Waals surface area contributed by atoms with Gasteiger partial charge in [0.15, 0.2) is 5.82 Å². The van der Waals surface area contributed by atoms with Crippen LogP contribution in [0, 0.1) is 28.8 Å². The van der Waals surface area contributed by atoms with Gasteiger partial charge < -0.3 is 5.32 Å². The SMILES string of the molecule is Cc1cc(Nc2ccc(F)cc2[N+](=O)[O-])nn1[C@H](C)C1CC1. The molecule has 22 heavy (non-hydrogen) atoms. The molecule has 1 aromatic carbocycles. The number of benzene rings is 1. The van der Waals surface area contributed by atoms with E-state index in [1.807, 2.05) is 17.7 Å². The van der Waals surface area contributed by atoms with Crippen molar-refractivity contribution in [2.24, 2.45) is 5.92 Å². The van der Waals surface area contributed by atoms with E-state index in [0.717, 1.165) is 11.8 Å². The zero-order valence-corrected chi connectivity index (χ0v) is 12.4. The van der Waals surface area contributed by atoms with Crippen LogP contribution in [0.5, 0.6) is 0 Å². The van der Waals surface area contributed by atoms with E-state index in [0.29, 0.717) is 17.8 Å². The number of aromatic nitrogens is 2. The molecule has 7 heteroatoms. The predicted molar refractivity (Wildman–Crippen MR) is 80.7 cm³/mol. The zero-order chi connectivity index (χ0) is 15.9. The summed E-state index contributed by atoms with van der Waals surface area (Å²) >= 11 is 0. The van der Waals surface area contributed by atoms with Crippen molar-refractivity contribution >= 4 is 17.2 Å². The van der Waals surface area contributed by atoms with E-state index in [-0.39, 0.29) is 11.4 Å². The Kier molecular flexibility index (Phi) is 3.56. The Morgan fingerprint density at radius 3 is 2.82 bits per heavy atom. The third-order valence-electron chi connectivity index (χ3n) is 4.03. The first-order valence-electron chi connectivity index (χ1n) is 7.23. The molecule has 116 valence electrons. The summed E-state index contributed by atoms with van der Waals surface area (Å²) in [7, 11) is 0. The normalized spacial score (nSPS) is 15.6. The van der Waals surface area contributed by atoms with Crippen LogP contribution in [0.25, 0.3) is 0 Å². The third-order valence-corrected chi connectivity index (χ3v) is 4.03. The Labute approximate surface area is 127 Å². The summed E-state index contributed by atoms with van der Waals surface area (Å²) in [4.78, 5) is 10.4. The van der Waals surface area contributed by atoms with Crippen molar-refractivity contribution in [2.75, 3.05) is 5.32 Å². The van der Waals surface area contributed by atoms with Crippen LogP contribution in [-0.2, 0) is 0 Å². The van der Waals surface area contributed by atoms with Gasteiger partial charge in [0.2, 0.25) is 0 Å². The average Bonchev–Trinajstić information content (AvgIpc) is 3.24. The maximum atomic E-state index is 13.2. The molecule has 1 aromatic heterocycles. The lowest BCUT2D eigenvalue weighted by atomic mass is 10.2. The molecule has 1 fully saturated rings. The van der Waals surface area contributed by atoms with Crippen molar-refractivity contribution < 1.29 is 9.31 Å². The van der Waals surface area contributed by atoms with Crippen molar-refractivity contribution in [3.05, 3.63) is 45.9 Å². The van der Waals surface area contributed by atoms with Gasteiger partial charge in [0.1, 0.15) is 11.5 Å². The molecule has 3 rings (SSSR count). The lowest BCUT2D eigenvalue weighted by Gasteiger charge is -2.12. The van der Waals surface area contributed by atoms with Crippen molar-refractivity contribution in [2.45, 2.75) is 32.7 Å². The average molecular weight is 304 g/mol. The van der Waals surface area contributed by atoms with Gasteiger partial charge in [0.05, 0.1) is 17.0 Å². The Hall–Kier alpha value is -2.44. The topological polar surface area (TPSA) is 73.0 Å². The summed E-state index contributed by atoms with van der Waals surface area (Å²) in [6, 6.07) is 5.60. The van der Waals surface area contributed by atoms with Crippen molar-refractivity contribution in [3.63, 3.8) is 0 Å². The lowest BCUT2D eigenvalue weighted by Crippen LogP contribution is -2.10. The van der Waals surface area contributed by atoms with E-state index in [4.69, 9.17) is 0 Å². The van der Waals surface area contributed by atoms with Crippen LogP contribution in [0.3, 0.4) is 0 Å². The second kappa shape index (κ2) is 5.40. The maximum Gasteiger partial charge on any atom is 0.295 e. The molecule has 0 spiro atoms. The fraction of sp³-hybridized carbons (Fsp3) is 0.400. The molecule has 2 aromatic rings. The van der Waals surface area contributed by atoms with Gasteiger partial charge >= 0.3 is 0 Å². The van der Waals surface area contributed by atoms with Gasteiger partial charge in [-0.25, -0.2) is 4.39 Å². The standard InChI is InChI=1S/C15H17FN4O2/c1-9-7-15(18-19(9)10(2)11-3-4-11)17-13-6-5-12(16)8-14(13)20(21)22/h5-8,10-11H,3-4H2,1-2H3,(H,17,18)/t10-/m1/s1. The fourth-order valence-electron chi connectivity index (χ4n) is 2.64. The summed E-state index contributed by atoms with van der Waals surface area (Å²) in [5.41, 5.74) is 0.921. The minimum atomic E-state index is -0.638. The van der Waals surface area contributed by atoms with Gasteiger partial charge in [-0.1, -0.05) is 0 Å². The van der Waals surface area contributed by atoms with Crippen LogP contribution < -0.4 is 5.32 Å². The summed E-state index contributed by atoms with van der Waals surface area (Å²) in [6.07, 6.45) is 2.43. The van der Waals surface area contributed by atoms with Crippen molar-refractivity contribution in [3.8, 4) is 0 Å². The van der Waals surface area contributed by atoms with Crippen molar-refractivity contribution in [1.82, 2.24) is 9.78 Å². The van der Waals surface area contributed by atoms with Crippen LogP contribution in [0.2, 0.25) is 0 Å². The zero-order valence-electron chi connectivity index (χ0n) is 12.4. The Bertz CT molecular complexity index is 724. The highest BCUT2D eigenvalue weighted by atomic mass is 19.1. The molecular weight excluding hydrogens is 287 g/mol. The summed E-state index contributed by atoms with van der Waals surface area (Å²) in [5.74, 6) is 0.549. The Morgan fingerprint density at radius 1 is 1.45 bits per heavy atom.